The molecule has 0 radical (unpaired) electrons. The number of methoxy groups -OCH3 is 1. The molecule has 0 unspecified atom stereocenters. The van der Waals surface area contributed by atoms with Gasteiger partial charge >= 0.3 is 0 Å². The van der Waals surface area contributed by atoms with Gasteiger partial charge in [-0.05, 0) is 6.42 Å². The standard InChI is InChI=1S/C31H63NO13/c1-3-4-5-7-32-31(33)6-8-35-11-12-37-15-16-39-19-20-41-23-24-43-27-28-45-30-29-44-26-25-42-22-21-40-18-17-38-14-13-36-10-9-34-2/h3-30H2,1-2H3,(H,32,33). The van der Waals surface area contributed by atoms with E-state index in [-0.39, 0.29) is 5.91 Å². The lowest BCUT2D eigenvalue weighted by Crippen LogP contribution is -2.25. The van der Waals surface area contributed by atoms with E-state index < -0.39 is 0 Å². The molecule has 0 spiro atoms. The lowest BCUT2D eigenvalue weighted by Gasteiger charge is -2.09. The van der Waals surface area contributed by atoms with Crippen molar-refractivity contribution in [3.05, 3.63) is 0 Å². The SMILES string of the molecule is CCCCCNC(=O)CCOCCOCCOCCOCCOCCOCCOCCOCCOCCOCCOCCOC. The fraction of sp³-hybridized carbons (Fsp3) is 0.968. The van der Waals surface area contributed by atoms with Crippen molar-refractivity contribution in [1.29, 1.82) is 0 Å². The number of rotatable bonds is 40. The average Bonchev–Trinajstić information content (AvgIpc) is 3.05. The molecule has 270 valence electrons. The summed E-state index contributed by atoms with van der Waals surface area (Å²) in [6.45, 7) is 14.6. The molecule has 0 aliphatic rings. The summed E-state index contributed by atoms with van der Waals surface area (Å²) in [7, 11) is 1.64. The molecule has 0 aliphatic carbocycles. The minimum absolute atomic E-state index is 0.0351. The number of carbonyl (C=O) groups excluding carboxylic acids is 1. The maximum Gasteiger partial charge on any atom is 0.222 e. The van der Waals surface area contributed by atoms with Gasteiger partial charge in [0, 0.05) is 20.1 Å². The van der Waals surface area contributed by atoms with Gasteiger partial charge in [0.25, 0.3) is 0 Å². The Balaban J connectivity index is 3.07. The molecule has 0 heterocycles. The molecule has 0 fully saturated rings. The number of hydrogen-bond donors (Lipinski definition) is 1. The molecule has 0 aromatic rings. The average molecular weight is 658 g/mol. The Bertz CT molecular complexity index is 564. The summed E-state index contributed by atoms with van der Waals surface area (Å²) in [4.78, 5) is 11.6. The zero-order valence-electron chi connectivity index (χ0n) is 28.1. The molecular formula is C31H63NO13. The second-order valence-electron chi connectivity index (χ2n) is 9.54. The summed E-state index contributed by atoms with van der Waals surface area (Å²) in [5.41, 5.74) is 0. The number of hydrogen-bond acceptors (Lipinski definition) is 13. The Kier molecular flexibility index (Phi) is 40.1. The molecule has 0 aromatic carbocycles. The number of carbonyl (C=O) groups is 1. The van der Waals surface area contributed by atoms with E-state index in [1.807, 2.05) is 0 Å². The van der Waals surface area contributed by atoms with E-state index in [0.29, 0.717) is 158 Å². The Hall–Kier alpha value is -1.01. The van der Waals surface area contributed by atoms with Crippen molar-refractivity contribution in [2.45, 2.75) is 32.6 Å². The first-order valence-electron chi connectivity index (χ1n) is 16.4. The van der Waals surface area contributed by atoms with Crippen molar-refractivity contribution in [2.24, 2.45) is 0 Å². The minimum Gasteiger partial charge on any atom is -0.382 e. The maximum atomic E-state index is 11.6. The summed E-state index contributed by atoms with van der Waals surface area (Å²) in [6.07, 6.45) is 3.69. The Morgan fingerprint density at radius 1 is 0.400 bits per heavy atom. The van der Waals surface area contributed by atoms with E-state index in [1.165, 1.54) is 0 Å². The van der Waals surface area contributed by atoms with E-state index in [9.17, 15) is 4.79 Å². The van der Waals surface area contributed by atoms with E-state index >= 15 is 0 Å². The van der Waals surface area contributed by atoms with Crippen LogP contribution in [0.2, 0.25) is 0 Å². The monoisotopic (exact) mass is 657 g/mol. The van der Waals surface area contributed by atoms with Gasteiger partial charge in [-0.3, -0.25) is 4.79 Å². The van der Waals surface area contributed by atoms with Gasteiger partial charge in [0.1, 0.15) is 0 Å². The Labute approximate surface area is 271 Å². The summed E-state index contributed by atoms with van der Waals surface area (Å²) in [6, 6.07) is 0. The second kappa shape index (κ2) is 41.0. The smallest absolute Gasteiger partial charge is 0.222 e. The first-order valence-corrected chi connectivity index (χ1v) is 16.4. The molecule has 1 N–H and O–H groups in total. The van der Waals surface area contributed by atoms with Gasteiger partial charge in [-0.1, -0.05) is 19.8 Å². The van der Waals surface area contributed by atoms with Crippen molar-refractivity contribution in [3.63, 3.8) is 0 Å². The molecule has 0 saturated heterocycles. The molecule has 14 heteroatoms. The fourth-order valence-electron chi connectivity index (χ4n) is 3.30. The summed E-state index contributed by atoms with van der Waals surface area (Å²) in [5, 5.41) is 2.89. The number of ether oxygens (including phenoxy) is 12. The lowest BCUT2D eigenvalue weighted by atomic mass is 10.2. The van der Waals surface area contributed by atoms with Gasteiger partial charge in [-0.15, -0.1) is 0 Å². The van der Waals surface area contributed by atoms with Crippen LogP contribution in [-0.4, -0.2) is 172 Å². The van der Waals surface area contributed by atoms with Crippen LogP contribution in [0.25, 0.3) is 0 Å². The van der Waals surface area contributed by atoms with Crippen LogP contribution in [0.15, 0.2) is 0 Å². The van der Waals surface area contributed by atoms with Crippen LogP contribution in [0, 0.1) is 0 Å². The van der Waals surface area contributed by atoms with E-state index in [4.69, 9.17) is 56.8 Å². The highest BCUT2D eigenvalue weighted by Gasteiger charge is 2.00. The normalized spacial score (nSPS) is 11.4. The predicted octanol–water partition coefficient (Wildman–Crippen LogP) is 1.51. The molecule has 0 saturated carbocycles. The number of nitrogens with one attached hydrogen (secondary N) is 1. The second-order valence-corrected chi connectivity index (χ2v) is 9.54. The van der Waals surface area contributed by atoms with Crippen LogP contribution >= 0.6 is 0 Å². The largest absolute Gasteiger partial charge is 0.382 e. The van der Waals surface area contributed by atoms with Crippen molar-refractivity contribution < 1.29 is 61.6 Å². The van der Waals surface area contributed by atoms with Crippen molar-refractivity contribution in [1.82, 2.24) is 5.32 Å². The molecule has 0 atom stereocenters. The zero-order valence-corrected chi connectivity index (χ0v) is 28.1. The first kappa shape index (κ1) is 44.0. The van der Waals surface area contributed by atoms with Crippen LogP contribution < -0.4 is 5.32 Å². The summed E-state index contributed by atoms with van der Waals surface area (Å²) in [5.74, 6) is 0.0351. The van der Waals surface area contributed by atoms with Crippen LogP contribution in [-0.2, 0) is 61.6 Å². The molecule has 45 heavy (non-hydrogen) atoms. The fourth-order valence-corrected chi connectivity index (χ4v) is 3.30. The minimum atomic E-state index is 0.0351. The van der Waals surface area contributed by atoms with Crippen molar-refractivity contribution >= 4 is 5.91 Å². The topological polar surface area (TPSA) is 140 Å². The molecule has 1 amide bonds. The van der Waals surface area contributed by atoms with Gasteiger partial charge in [-0.25, -0.2) is 0 Å². The van der Waals surface area contributed by atoms with E-state index in [2.05, 4.69) is 12.2 Å². The molecule has 0 rings (SSSR count). The van der Waals surface area contributed by atoms with Crippen LogP contribution in [0.3, 0.4) is 0 Å². The van der Waals surface area contributed by atoms with Crippen LogP contribution in [0.5, 0.6) is 0 Å². The van der Waals surface area contributed by atoms with Gasteiger partial charge in [-0.2, -0.15) is 0 Å². The summed E-state index contributed by atoms with van der Waals surface area (Å²) < 4.78 is 64.7. The van der Waals surface area contributed by atoms with Gasteiger partial charge < -0.3 is 62.2 Å². The zero-order chi connectivity index (χ0) is 32.6. The third-order valence-electron chi connectivity index (χ3n) is 5.73. The molecule has 0 aliphatic heterocycles. The number of unbranched alkanes of at least 4 members (excludes halogenated alkanes) is 2. The quantitative estimate of drug-likeness (QED) is 0.0954. The van der Waals surface area contributed by atoms with E-state index in [0.717, 1.165) is 25.8 Å². The van der Waals surface area contributed by atoms with Crippen molar-refractivity contribution in [2.75, 3.05) is 166 Å². The Morgan fingerprint density at radius 3 is 0.933 bits per heavy atom. The van der Waals surface area contributed by atoms with E-state index in [1.54, 1.807) is 7.11 Å². The first-order chi connectivity index (χ1) is 22.3. The van der Waals surface area contributed by atoms with Crippen molar-refractivity contribution in [3.8, 4) is 0 Å². The van der Waals surface area contributed by atoms with Gasteiger partial charge in [0.05, 0.1) is 152 Å². The highest BCUT2D eigenvalue weighted by Crippen LogP contribution is 1.92. The lowest BCUT2D eigenvalue weighted by molar-refractivity contribution is -0.122. The highest BCUT2D eigenvalue weighted by atomic mass is 16.6. The predicted molar refractivity (Wildman–Crippen MR) is 168 cm³/mol. The molecular weight excluding hydrogens is 594 g/mol. The Morgan fingerprint density at radius 2 is 0.667 bits per heavy atom. The molecule has 0 aromatic heterocycles. The van der Waals surface area contributed by atoms with Crippen LogP contribution in [0.1, 0.15) is 32.6 Å². The summed E-state index contributed by atoms with van der Waals surface area (Å²) >= 11 is 0. The highest BCUT2D eigenvalue weighted by molar-refractivity contribution is 5.75. The number of amides is 1. The van der Waals surface area contributed by atoms with Crippen LogP contribution in [0.4, 0.5) is 0 Å². The van der Waals surface area contributed by atoms with Gasteiger partial charge in [0.2, 0.25) is 5.91 Å². The third kappa shape index (κ3) is 41.0. The third-order valence-corrected chi connectivity index (χ3v) is 5.73. The molecule has 0 bridgehead atoms. The maximum absolute atomic E-state index is 11.6. The molecule has 14 nitrogen and oxygen atoms in total. The van der Waals surface area contributed by atoms with Gasteiger partial charge in [0.15, 0.2) is 0 Å².